The number of rotatable bonds is 6. The third-order valence-electron chi connectivity index (χ3n) is 10.00. The lowest BCUT2D eigenvalue weighted by molar-refractivity contribution is -0.612. The van der Waals surface area contributed by atoms with Crippen molar-refractivity contribution in [2.45, 2.75) is 6.54 Å². The highest BCUT2D eigenvalue weighted by molar-refractivity contribution is 5.98. The number of benzene rings is 1. The van der Waals surface area contributed by atoms with Crippen LogP contribution >= 0.6 is 0 Å². The minimum Gasteiger partial charge on any atom is -0.408 e. The van der Waals surface area contributed by atoms with Crippen LogP contribution in [0.1, 0.15) is 26.5 Å². The lowest BCUT2D eigenvalue weighted by atomic mass is 8.96. The summed E-state index contributed by atoms with van der Waals surface area (Å²) in [5.74, 6) is 5.37. The Kier molecular flexibility index (Phi) is 2.96. The fraction of sp³-hybridized carbons (Fsp3) is 0.400. The maximum Gasteiger partial charge on any atom is 0.417 e. The second-order valence-electron chi connectivity index (χ2n) is 10.8. The standard InChI is InChI=1S/C25H20N6O4/c32-22(26-7-9-1-2-13-10(5-9)30-24(34)35-13)11-6-12(31-14(29-11)3-4-28-31)23(33)27-8-25-19-16-15-17(19)21(25)18(15)20(16)25/h1-6,15-21H,7-8H2,(H,26,32)(H,27,33)(H,30,34). The van der Waals surface area contributed by atoms with Crippen molar-refractivity contribution in [3.63, 3.8) is 0 Å². The van der Waals surface area contributed by atoms with Crippen molar-refractivity contribution in [1.29, 1.82) is 0 Å². The minimum absolute atomic E-state index is 0.150. The van der Waals surface area contributed by atoms with Gasteiger partial charge < -0.3 is 15.1 Å². The number of aromatic amines is 1. The molecule has 0 radical (unpaired) electrons. The molecule has 3 heterocycles. The molecule has 0 unspecified atom stereocenters. The predicted octanol–water partition coefficient (Wildman–Crippen LogP) is 1.19. The molecule has 3 aromatic heterocycles. The van der Waals surface area contributed by atoms with Crippen LogP contribution in [0.4, 0.5) is 0 Å². The average molecular weight is 468 g/mol. The van der Waals surface area contributed by atoms with Gasteiger partial charge in [-0.2, -0.15) is 5.10 Å². The van der Waals surface area contributed by atoms with E-state index in [1.165, 1.54) is 10.6 Å². The molecule has 0 atom stereocenters. The van der Waals surface area contributed by atoms with Crippen LogP contribution in [0.3, 0.4) is 0 Å². The summed E-state index contributed by atoms with van der Waals surface area (Å²) in [5, 5.41) is 10.2. The number of carbonyl (C=O) groups is 2. The van der Waals surface area contributed by atoms with Gasteiger partial charge in [0.05, 0.1) is 11.7 Å². The van der Waals surface area contributed by atoms with Crippen molar-refractivity contribution in [2.24, 2.45) is 46.8 Å². The van der Waals surface area contributed by atoms with Crippen molar-refractivity contribution in [3.8, 4) is 0 Å². The van der Waals surface area contributed by atoms with E-state index >= 15 is 0 Å². The van der Waals surface area contributed by atoms with Gasteiger partial charge in [0.1, 0.15) is 11.4 Å². The zero-order valence-electron chi connectivity index (χ0n) is 18.4. The lowest BCUT2D eigenvalue weighted by Crippen LogP contribution is -3.06. The highest BCUT2D eigenvalue weighted by Gasteiger charge is 3.03. The highest BCUT2D eigenvalue weighted by atomic mass is 16.4. The highest BCUT2D eigenvalue weighted by Crippen LogP contribution is 3.05. The summed E-state index contributed by atoms with van der Waals surface area (Å²) in [6, 6.07) is 8.37. The number of carbonyl (C=O) groups excluding carboxylic acids is 2. The monoisotopic (exact) mass is 468 g/mol. The third kappa shape index (κ3) is 1.88. The second kappa shape index (κ2) is 5.64. The summed E-state index contributed by atoms with van der Waals surface area (Å²) in [6.45, 7) is 0.958. The molecule has 35 heavy (non-hydrogen) atoms. The number of nitrogens with one attached hydrogen (secondary N) is 3. The zero-order valence-corrected chi connectivity index (χ0v) is 18.4. The van der Waals surface area contributed by atoms with Gasteiger partial charge >= 0.3 is 5.76 Å². The van der Waals surface area contributed by atoms with Gasteiger partial charge in [0.2, 0.25) is 0 Å². The van der Waals surface area contributed by atoms with Crippen LogP contribution in [0.15, 0.2) is 45.7 Å². The Balaban J connectivity index is 0.943. The first-order valence-corrected chi connectivity index (χ1v) is 12.1. The van der Waals surface area contributed by atoms with E-state index in [-0.39, 0.29) is 18.1 Å². The number of fused-ring (bicyclic) bond motifs is 2. The maximum absolute atomic E-state index is 13.2. The Labute approximate surface area is 197 Å². The minimum atomic E-state index is -0.523. The fourth-order valence-electron chi connectivity index (χ4n) is 8.92. The fourth-order valence-corrected chi connectivity index (χ4v) is 8.92. The van der Waals surface area contributed by atoms with E-state index in [9.17, 15) is 14.4 Å². The molecule has 0 bridgehead atoms. The van der Waals surface area contributed by atoms with Crippen LogP contribution in [0.5, 0.6) is 0 Å². The Bertz CT molecular complexity index is 1650. The SMILES string of the molecule is O=C(NCc1ccc2oc(=O)[nH]c2c1)c1cc(C(=O)NCC23C4C5C6C4C2C6C53)n2nccc2n1. The van der Waals surface area contributed by atoms with Crippen molar-refractivity contribution < 1.29 is 14.0 Å². The number of amides is 2. The van der Waals surface area contributed by atoms with Gasteiger partial charge in [0, 0.05) is 25.2 Å². The number of aromatic nitrogens is 4. The second-order valence-corrected chi connectivity index (χ2v) is 10.8. The van der Waals surface area contributed by atoms with Gasteiger partial charge in [-0.3, -0.25) is 14.6 Å². The molecule has 10 nitrogen and oxygen atoms in total. The molecule has 10 rings (SSSR count). The van der Waals surface area contributed by atoms with Crippen molar-refractivity contribution >= 4 is 28.6 Å². The lowest BCUT2D eigenvalue weighted by Gasteiger charge is -3.08. The molecule has 10 heteroatoms. The molecule has 3 N–H and O–H groups in total. The van der Waals surface area contributed by atoms with Gasteiger partial charge in [-0.15, -0.1) is 0 Å². The first kappa shape index (κ1) is 18.4. The molecule has 2 amide bonds. The molecule has 4 aromatic rings. The molecule has 0 saturated heterocycles. The molecule has 0 aliphatic heterocycles. The van der Waals surface area contributed by atoms with E-state index in [1.807, 2.05) is 0 Å². The summed E-state index contributed by atoms with van der Waals surface area (Å²) in [4.78, 5) is 44.5. The first-order valence-electron chi connectivity index (χ1n) is 12.1. The van der Waals surface area contributed by atoms with Gasteiger partial charge in [0.25, 0.3) is 11.8 Å². The smallest absolute Gasteiger partial charge is 0.408 e. The quantitative estimate of drug-likeness (QED) is 0.389. The Morgan fingerprint density at radius 3 is 2.63 bits per heavy atom. The number of nitrogens with zero attached hydrogens (tertiary/aromatic N) is 3. The Hall–Kier alpha value is -3.95. The average Bonchev–Trinajstić information content (AvgIpc) is 3.50. The van der Waals surface area contributed by atoms with Crippen LogP contribution in [0.25, 0.3) is 16.7 Å². The summed E-state index contributed by atoms with van der Waals surface area (Å²) in [6.07, 6.45) is 1.57. The molecule has 6 saturated carbocycles. The predicted molar refractivity (Wildman–Crippen MR) is 120 cm³/mol. The number of oxazole rings is 1. The van der Waals surface area contributed by atoms with Crippen LogP contribution in [-0.2, 0) is 6.54 Å². The van der Waals surface area contributed by atoms with Crippen LogP contribution < -0.4 is 16.4 Å². The van der Waals surface area contributed by atoms with Gasteiger partial charge in [-0.1, -0.05) is 6.07 Å². The first-order chi connectivity index (χ1) is 17.1. The number of hydrogen-bond donors (Lipinski definition) is 3. The van der Waals surface area contributed by atoms with Gasteiger partial charge in [0.15, 0.2) is 11.2 Å². The molecule has 6 fully saturated rings. The Morgan fingerprint density at radius 2 is 1.83 bits per heavy atom. The van der Waals surface area contributed by atoms with Gasteiger partial charge in [-0.25, -0.2) is 14.3 Å². The molecule has 1 aromatic carbocycles. The number of hydrogen-bond acceptors (Lipinski definition) is 6. The van der Waals surface area contributed by atoms with E-state index in [0.717, 1.165) is 53.5 Å². The van der Waals surface area contributed by atoms with Crippen LogP contribution in [0, 0.1) is 46.8 Å². The molecule has 174 valence electrons. The van der Waals surface area contributed by atoms with Crippen LogP contribution in [-0.4, -0.2) is 37.9 Å². The summed E-state index contributed by atoms with van der Waals surface area (Å²) >= 11 is 0. The van der Waals surface area contributed by atoms with Crippen LogP contribution in [0.2, 0.25) is 0 Å². The summed E-state index contributed by atoms with van der Waals surface area (Å²) in [7, 11) is 0. The van der Waals surface area contributed by atoms with E-state index in [0.29, 0.717) is 27.9 Å². The molecule has 6 aliphatic rings. The normalized spacial score (nSPS) is 35.8. The Morgan fingerprint density at radius 1 is 1.03 bits per heavy atom. The largest absolute Gasteiger partial charge is 0.417 e. The van der Waals surface area contributed by atoms with Crippen molar-refractivity contribution in [2.75, 3.05) is 6.54 Å². The maximum atomic E-state index is 13.2. The molecule has 0 spiro atoms. The number of H-pyrrole nitrogens is 1. The van der Waals surface area contributed by atoms with Gasteiger partial charge in [-0.05, 0) is 64.5 Å². The summed E-state index contributed by atoms with van der Waals surface area (Å²) < 4.78 is 6.49. The van der Waals surface area contributed by atoms with E-state index in [1.54, 1.807) is 30.5 Å². The van der Waals surface area contributed by atoms with E-state index in [2.05, 4.69) is 25.7 Å². The topological polar surface area (TPSA) is 134 Å². The van der Waals surface area contributed by atoms with Crippen molar-refractivity contribution in [1.82, 2.24) is 30.2 Å². The molecule has 6 aliphatic carbocycles. The third-order valence-corrected chi connectivity index (χ3v) is 10.00. The van der Waals surface area contributed by atoms with E-state index < -0.39 is 11.7 Å². The van der Waals surface area contributed by atoms with Crippen molar-refractivity contribution in [3.05, 3.63) is 64.0 Å². The molecular formula is C25H20N6O4. The molecular weight excluding hydrogens is 448 g/mol. The summed E-state index contributed by atoms with van der Waals surface area (Å²) in [5.41, 5.74) is 3.09. The zero-order chi connectivity index (χ0) is 23.2. The van der Waals surface area contributed by atoms with E-state index in [4.69, 9.17) is 4.42 Å².